The Labute approximate surface area is 261 Å². The Hall–Kier alpha value is -4.73. The van der Waals surface area contributed by atoms with Gasteiger partial charge in [0.1, 0.15) is 24.2 Å². The van der Waals surface area contributed by atoms with Crippen LogP contribution in [0.2, 0.25) is 0 Å². The number of nitrogens with zero attached hydrogens (tertiary/aromatic N) is 2. The van der Waals surface area contributed by atoms with Gasteiger partial charge in [0, 0.05) is 13.1 Å². The van der Waals surface area contributed by atoms with Crippen molar-refractivity contribution in [2.45, 2.75) is 82.6 Å². The lowest BCUT2D eigenvalue weighted by atomic mass is 10.0. The van der Waals surface area contributed by atoms with Crippen LogP contribution in [0.1, 0.15) is 51.5 Å². The highest BCUT2D eigenvalue weighted by atomic mass is 16.4. The zero-order valence-electron chi connectivity index (χ0n) is 25.6. The second-order valence-electron chi connectivity index (χ2n) is 11.3. The summed E-state index contributed by atoms with van der Waals surface area (Å²) in [5.41, 5.74) is 23.0. The van der Waals surface area contributed by atoms with Crippen molar-refractivity contribution in [1.29, 1.82) is 0 Å². The normalized spacial score (nSPS) is 17.0. The molecular formula is C29H45N9O7. The third-order valence-corrected chi connectivity index (χ3v) is 7.30. The smallest absolute Gasteiger partial charge is 0.326 e. The maximum absolute atomic E-state index is 13.8. The molecule has 0 bridgehead atoms. The monoisotopic (exact) mass is 631 g/mol. The molecule has 5 atom stereocenters. The number of guanidine groups is 1. The van der Waals surface area contributed by atoms with Crippen molar-refractivity contribution in [3.8, 4) is 0 Å². The molecule has 1 aromatic rings. The Morgan fingerprint density at radius 3 is 2.20 bits per heavy atom. The predicted molar refractivity (Wildman–Crippen MR) is 165 cm³/mol. The summed E-state index contributed by atoms with van der Waals surface area (Å²) in [6, 6.07) is 3.16. The molecule has 1 fully saturated rings. The topological polar surface area (TPSA) is 278 Å². The van der Waals surface area contributed by atoms with Crippen molar-refractivity contribution in [2.75, 3.05) is 13.1 Å². The molecule has 16 heteroatoms. The van der Waals surface area contributed by atoms with Gasteiger partial charge in [-0.2, -0.15) is 0 Å². The molecule has 0 saturated carbocycles. The van der Waals surface area contributed by atoms with Crippen molar-refractivity contribution in [2.24, 2.45) is 33.8 Å². The molecule has 2 rings (SSSR count). The fourth-order valence-electron chi connectivity index (χ4n) is 4.95. The number of carboxylic acid groups (broad SMARTS) is 1. The van der Waals surface area contributed by atoms with Gasteiger partial charge >= 0.3 is 5.97 Å². The molecule has 0 radical (unpaired) electrons. The highest BCUT2D eigenvalue weighted by Crippen LogP contribution is 2.21. The number of rotatable bonds is 17. The van der Waals surface area contributed by atoms with Crippen molar-refractivity contribution >= 4 is 41.5 Å². The number of carbonyl (C=O) groups excluding carboxylic acids is 5. The van der Waals surface area contributed by atoms with E-state index >= 15 is 0 Å². The third-order valence-electron chi connectivity index (χ3n) is 7.30. The molecule has 0 aliphatic carbocycles. The van der Waals surface area contributed by atoms with Crippen LogP contribution < -0.4 is 38.9 Å². The minimum atomic E-state index is -1.44. The Balaban J connectivity index is 2.23. The fourth-order valence-corrected chi connectivity index (χ4v) is 4.95. The SMILES string of the molecule is CC(C)[C@H](NC(=O)[C@@H]1CCCN1C(=O)[C@H](CCCN=C(N)N)NC(=O)[C@H](CC(N)=O)NC(=O)[C@@H](N)Cc1ccccc1)C(=O)O. The number of aliphatic carboxylic acids is 1. The molecule has 16 nitrogen and oxygen atoms in total. The van der Waals surface area contributed by atoms with Crippen LogP contribution in [0.4, 0.5) is 0 Å². The van der Waals surface area contributed by atoms with Crippen LogP contribution in [0, 0.1) is 5.92 Å². The summed E-state index contributed by atoms with van der Waals surface area (Å²) in [6.45, 7) is 3.62. The van der Waals surface area contributed by atoms with E-state index in [1.807, 2.05) is 6.07 Å². The molecule has 0 unspecified atom stereocenters. The lowest BCUT2D eigenvalue weighted by Crippen LogP contribution is -2.59. The Bertz CT molecular complexity index is 1240. The number of benzene rings is 1. The molecule has 0 spiro atoms. The average Bonchev–Trinajstić information content (AvgIpc) is 3.46. The Kier molecular flexibility index (Phi) is 14.2. The van der Waals surface area contributed by atoms with Gasteiger partial charge in [-0.25, -0.2) is 4.79 Å². The van der Waals surface area contributed by atoms with Gasteiger partial charge in [0.15, 0.2) is 5.96 Å². The Morgan fingerprint density at radius 1 is 0.978 bits per heavy atom. The third kappa shape index (κ3) is 11.7. The first-order chi connectivity index (χ1) is 21.2. The molecule has 1 heterocycles. The fraction of sp³-hybridized carbons (Fsp3) is 0.552. The molecule has 0 aromatic heterocycles. The highest BCUT2D eigenvalue weighted by molar-refractivity contribution is 5.97. The van der Waals surface area contributed by atoms with Crippen LogP contribution >= 0.6 is 0 Å². The van der Waals surface area contributed by atoms with Gasteiger partial charge < -0.3 is 48.9 Å². The minimum Gasteiger partial charge on any atom is -0.480 e. The second kappa shape index (κ2) is 17.5. The van der Waals surface area contributed by atoms with Crippen LogP contribution in [0.5, 0.6) is 0 Å². The van der Waals surface area contributed by atoms with E-state index in [1.54, 1.807) is 38.1 Å². The number of carboxylic acids is 1. The summed E-state index contributed by atoms with van der Waals surface area (Å²) in [4.78, 5) is 81.8. The summed E-state index contributed by atoms with van der Waals surface area (Å²) in [7, 11) is 0. The quantitative estimate of drug-likeness (QED) is 0.0516. The van der Waals surface area contributed by atoms with Gasteiger partial charge in [0.2, 0.25) is 29.5 Å². The molecule has 12 N–H and O–H groups in total. The summed E-state index contributed by atoms with van der Waals surface area (Å²) >= 11 is 0. The number of nitrogens with two attached hydrogens (primary N) is 4. The van der Waals surface area contributed by atoms with Crippen molar-refractivity contribution < 1.29 is 33.9 Å². The largest absolute Gasteiger partial charge is 0.480 e. The van der Waals surface area contributed by atoms with Gasteiger partial charge in [-0.15, -0.1) is 0 Å². The van der Waals surface area contributed by atoms with E-state index in [0.29, 0.717) is 6.42 Å². The van der Waals surface area contributed by atoms with E-state index < -0.39 is 78.1 Å². The van der Waals surface area contributed by atoms with Crippen LogP contribution in [-0.2, 0) is 35.2 Å². The van der Waals surface area contributed by atoms with E-state index in [1.165, 1.54) is 4.90 Å². The number of likely N-dealkylation sites (tertiary alicyclic amines) is 1. The van der Waals surface area contributed by atoms with Crippen LogP contribution in [-0.4, -0.2) is 94.8 Å². The van der Waals surface area contributed by atoms with Crippen LogP contribution in [0.3, 0.4) is 0 Å². The minimum absolute atomic E-state index is 0.0424. The number of amides is 5. The van der Waals surface area contributed by atoms with Gasteiger partial charge in [-0.05, 0) is 43.6 Å². The lowest BCUT2D eigenvalue weighted by molar-refractivity contribution is -0.146. The van der Waals surface area contributed by atoms with Crippen molar-refractivity contribution in [3.05, 3.63) is 35.9 Å². The summed E-state index contributed by atoms with van der Waals surface area (Å²) in [5.74, 6) is -5.44. The number of aliphatic imine (C=N–C) groups is 1. The van der Waals surface area contributed by atoms with E-state index in [4.69, 9.17) is 22.9 Å². The lowest BCUT2D eigenvalue weighted by Gasteiger charge is -2.30. The molecule has 1 aliphatic rings. The molecule has 5 amide bonds. The number of carbonyl (C=O) groups is 6. The molecule has 1 saturated heterocycles. The molecule has 45 heavy (non-hydrogen) atoms. The highest BCUT2D eigenvalue weighted by Gasteiger charge is 2.40. The zero-order chi connectivity index (χ0) is 33.7. The number of primary amides is 1. The first kappa shape index (κ1) is 36.5. The molecular weight excluding hydrogens is 586 g/mol. The van der Waals surface area contributed by atoms with Crippen LogP contribution in [0.15, 0.2) is 35.3 Å². The first-order valence-electron chi connectivity index (χ1n) is 14.8. The molecule has 1 aromatic carbocycles. The summed E-state index contributed by atoms with van der Waals surface area (Å²) < 4.78 is 0. The van der Waals surface area contributed by atoms with E-state index in [2.05, 4.69) is 20.9 Å². The van der Waals surface area contributed by atoms with E-state index in [0.717, 1.165) is 5.56 Å². The van der Waals surface area contributed by atoms with Gasteiger partial charge in [0.05, 0.1) is 12.5 Å². The van der Waals surface area contributed by atoms with Crippen LogP contribution in [0.25, 0.3) is 0 Å². The van der Waals surface area contributed by atoms with Gasteiger partial charge in [0.25, 0.3) is 0 Å². The average molecular weight is 632 g/mol. The zero-order valence-corrected chi connectivity index (χ0v) is 25.6. The van der Waals surface area contributed by atoms with E-state index in [9.17, 15) is 33.9 Å². The van der Waals surface area contributed by atoms with Crippen molar-refractivity contribution in [3.63, 3.8) is 0 Å². The van der Waals surface area contributed by atoms with Gasteiger partial charge in [-0.3, -0.25) is 29.0 Å². The number of hydrogen-bond acceptors (Lipinski definition) is 8. The maximum Gasteiger partial charge on any atom is 0.326 e. The number of nitrogens with one attached hydrogen (secondary N) is 3. The first-order valence-corrected chi connectivity index (χ1v) is 14.8. The Morgan fingerprint density at radius 2 is 1.62 bits per heavy atom. The van der Waals surface area contributed by atoms with Crippen molar-refractivity contribution in [1.82, 2.24) is 20.9 Å². The summed E-state index contributed by atoms with van der Waals surface area (Å²) in [6.07, 6.45) is 0.656. The standard InChI is InChI=1S/C29H45N9O7/c1-16(2)23(28(44)45)37-26(42)21-11-7-13-38(21)27(43)19(10-6-12-34-29(32)33)35-25(41)20(15-22(31)39)36-24(40)18(30)14-17-8-4-3-5-9-17/h3-5,8-9,16,18-21,23H,6-7,10-15,30H2,1-2H3,(H2,31,39)(H,35,41)(H,36,40)(H,37,42)(H,44,45)(H4,32,33,34)/t18-,19-,20-,21-,23-/m0/s1. The second-order valence-corrected chi connectivity index (χ2v) is 11.3. The van der Waals surface area contributed by atoms with E-state index in [-0.39, 0.29) is 44.7 Å². The predicted octanol–water partition coefficient (Wildman–Crippen LogP) is -2.33. The number of hydrogen-bond donors (Lipinski definition) is 8. The molecule has 248 valence electrons. The summed E-state index contributed by atoms with van der Waals surface area (Å²) in [5, 5.41) is 17.0. The maximum atomic E-state index is 13.8. The van der Waals surface area contributed by atoms with Gasteiger partial charge in [-0.1, -0.05) is 44.2 Å². The molecule has 1 aliphatic heterocycles.